The normalized spacial score (nSPS) is 18.9. The Morgan fingerprint density at radius 1 is 1.63 bits per heavy atom. The zero-order chi connectivity index (χ0) is 13.8. The Balaban J connectivity index is 2.29. The molecule has 1 aromatic carbocycles. The van der Waals surface area contributed by atoms with Crippen molar-refractivity contribution in [2.45, 2.75) is 12.0 Å². The maximum absolute atomic E-state index is 10.7. The van der Waals surface area contributed by atoms with Gasteiger partial charge in [0.1, 0.15) is 0 Å². The van der Waals surface area contributed by atoms with Crippen molar-refractivity contribution >= 4 is 23.0 Å². The van der Waals surface area contributed by atoms with Gasteiger partial charge in [-0.1, -0.05) is 0 Å². The van der Waals surface area contributed by atoms with Gasteiger partial charge < -0.3 is 9.64 Å². The van der Waals surface area contributed by atoms with Gasteiger partial charge in [0.2, 0.25) is 0 Å². The fourth-order valence-corrected chi connectivity index (χ4v) is 2.26. The first-order chi connectivity index (χ1) is 9.15. The highest BCUT2D eigenvalue weighted by atomic mass is 35.5. The van der Waals surface area contributed by atoms with Crippen molar-refractivity contribution in [1.29, 1.82) is 5.26 Å². The molecule has 1 aromatic rings. The molecule has 1 saturated heterocycles. The second kappa shape index (κ2) is 5.87. The maximum atomic E-state index is 10.7. The van der Waals surface area contributed by atoms with Crippen molar-refractivity contribution in [3.05, 3.63) is 33.9 Å². The molecule has 0 aliphatic carbocycles. The Labute approximate surface area is 115 Å². The van der Waals surface area contributed by atoms with Crippen LogP contribution in [0.5, 0.6) is 0 Å². The van der Waals surface area contributed by atoms with E-state index >= 15 is 0 Å². The number of nitro groups is 1. The van der Waals surface area contributed by atoms with E-state index in [1.165, 1.54) is 12.1 Å². The van der Waals surface area contributed by atoms with Crippen LogP contribution in [0, 0.1) is 21.4 Å². The quantitative estimate of drug-likeness (QED) is 0.481. The zero-order valence-corrected chi connectivity index (χ0v) is 10.8. The number of ether oxygens (including phenoxy) is 1. The lowest BCUT2D eigenvalue weighted by Gasteiger charge is -2.32. The maximum Gasteiger partial charge on any atom is 0.269 e. The topological polar surface area (TPSA) is 79.4 Å². The molecule has 0 N–H and O–H groups in total. The molecule has 19 heavy (non-hydrogen) atoms. The van der Waals surface area contributed by atoms with E-state index in [2.05, 4.69) is 6.07 Å². The predicted octanol–water partition coefficient (Wildman–Crippen LogP) is 2.06. The molecule has 6 nitrogen and oxygen atoms in total. The van der Waals surface area contributed by atoms with Crippen LogP contribution in [0.1, 0.15) is 5.56 Å². The molecule has 0 bridgehead atoms. The highest BCUT2D eigenvalue weighted by Gasteiger charge is 2.22. The molecule has 0 aromatic heterocycles. The molecule has 100 valence electrons. The summed E-state index contributed by atoms with van der Waals surface area (Å²) in [6, 6.07) is 6.66. The second-order valence-electron chi connectivity index (χ2n) is 4.14. The first kappa shape index (κ1) is 13.6. The van der Waals surface area contributed by atoms with Gasteiger partial charge >= 0.3 is 0 Å². The SMILES string of the molecule is N#CC1CN(c2ccc([N+](=O)[O-])cc2CCl)CCO1. The Morgan fingerprint density at radius 2 is 2.42 bits per heavy atom. The highest BCUT2D eigenvalue weighted by Crippen LogP contribution is 2.28. The summed E-state index contributed by atoms with van der Waals surface area (Å²) in [7, 11) is 0. The molecule has 1 atom stereocenters. The largest absolute Gasteiger partial charge is 0.365 e. The van der Waals surface area contributed by atoms with Gasteiger partial charge in [-0.15, -0.1) is 11.6 Å². The molecule has 0 radical (unpaired) electrons. The number of nitro benzene ring substituents is 1. The molecular formula is C12H12ClN3O3. The summed E-state index contributed by atoms with van der Waals surface area (Å²) in [5, 5.41) is 19.6. The Hall–Kier alpha value is -1.84. The second-order valence-corrected chi connectivity index (χ2v) is 4.41. The molecule has 1 unspecified atom stereocenters. The van der Waals surface area contributed by atoms with Gasteiger partial charge in [0.05, 0.1) is 24.1 Å². The minimum absolute atomic E-state index is 0.0180. The molecule has 0 amide bonds. The summed E-state index contributed by atoms with van der Waals surface area (Å²) in [6.45, 7) is 1.54. The Kier molecular flexibility index (Phi) is 4.20. The lowest BCUT2D eigenvalue weighted by Crippen LogP contribution is -2.42. The number of halogens is 1. The lowest BCUT2D eigenvalue weighted by molar-refractivity contribution is -0.384. The highest BCUT2D eigenvalue weighted by molar-refractivity contribution is 6.17. The van der Waals surface area contributed by atoms with Gasteiger partial charge in [-0.3, -0.25) is 10.1 Å². The van der Waals surface area contributed by atoms with Crippen molar-refractivity contribution in [3.8, 4) is 6.07 Å². The van der Waals surface area contributed by atoms with Crippen LogP contribution >= 0.6 is 11.6 Å². The number of benzene rings is 1. The Bertz CT molecular complexity index is 529. The molecule has 1 fully saturated rings. The summed E-state index contributed by atoms with van der Waals surface area (Å²) >= 11 is 5.85. The third kappa shape index (κ3) is 2.95. The molecular weight excluding hydrogens is 270 g/mol. The van der Waals surface area contributed by atoms with Crippen LogP contribution in [-0.4, -0.2) is 30.7 Å². The van der Waals surface area contributed by atoms with Gasteiger partial charge in [-0.25, -0.2) is 0 Å². The van der Waals surface area contributed by atoms with Crippen LogP contribution in [-0.2, 0) is 10.6 Å². The van der Waals surface area contributed by atoms with Gasteiger partial charge in [-0.2, -0.15) is 5.26 Å². The standard InChI is InChI=1S/C12H12ClN3O3/c13-6-9-5-10(16(17)18)1-2-12(9)15-3-4-19-11(7-14)8-15/h1-2,5,11H,3-4,6,8H2. The molecule has 0 saturated carbocycles. The van der Waals surface area contributed by atoms with Crippen molar-refractivity contribution in [2.24, 2.45) is 0 Å². The molecule has 1 aliphatic heterocycles. The van der Waals surface area contributed by atoms with Crippen LogP contribution in [0.3, 0.4) is 0 Å². The van der Waals surface area contributed by atoms with E-state index in [0.29, 0.717) is 25.3 Å². The smallest absolute Gasteiger partial charge is 0.269 e. The number of hydrogen-bond acceptors (Lipinski definition) is 5. The van der Waals surface area contributed by atoms with Crippen LogP contribution in [0.25, 0.3) is 0 Å². The van der Waals surface area contributed by atoms with Gasteiger partial charge in [-0.05, 0) is 11.6 Å². The summed E-state index contributed by atoms with van der Waals surface area (Å²) in [4.78, 5) is 12.3. The number of nitriles is 1. The van der Waals surface area contributed by atoms with E-state index in [4.69, 9.17) is 21.6 Å². The van der Waals surface area contributed by atoms with Crippen molar-refractivity contribution in [3.63, 3.8) is 0 Å². The van der Waals surface area contributed by atoms with E-state index in [1.807, 2.05) is 4.90 Å². The third-order valence-corrected chi connectivity index (χ3v) is 3.26. The number of hydrogen-bond donors (Lipinski definition) is 0. The minimum atomic E-state index is -0.480. The van der Waals surface area contributed by atoms with Crippen LogP contribution in [0.4, 0.5) is 11.4 Å². The summed E-state index contributed by atoms with van der Waals surface area (Å²) in [5.74, 6) is 0.186. The molecule has 1 heterocycles. The van der Waals surface area contributed by atoms with Crippen molar-refractivity contribution in [2.75, 3.05) is 24.6 Å². The van der Waals surface area contributed by atoms with Crippen molar-refractivity contribution < 1.29 is 9.66 Å². The molecule has 7 heteroatoms. The number of nitrogens with zero attached hydrogens (tertiary/aromatic N) is 3. The third-order valence-electron chi connectivity index (χ3n) is 2.97. The zero-order valence-electron chi connectivity index (χ0n) is 10.1. The monoisotopic (exact) mass is 281 g/mol. The van der Waals surface area contributed by atoms with E-state index in [-0.39, 0.29) is 11.6 Å². The van der Waals surface area contributed by atoms with Crippen LogP contribution in [0.15, 0.2) is 18.2 Å². The van der Waals surface area contributed by atoms with Crippen molar-refractivity contribution in [1.82, 2.24) is 0 Å². The average molecular weight is 282 g/mol. The number of morpholine rings is 1. The van der Waals surface area contributed by atoms with E-state index < -0.39 is 11.0 Å². The number of anilines is 1. The van der Waals surface area contributed by atoms with Gasteiger partial charge in [0.25, 0.3) is 5.69 Å². The number of rotatable bonds is 3. The first-order valence-corrected chi connectivity index (χ1v) is 6.28. The lowest BCUT2D eigenvalue weighted by atomic mass is 10.1. The van der Waals surface area contributed by atoms with E-state index in [9.17, 15) is 10.1 Å². The number of alkyl halides is 1. The summed E-state index contributed by atoms with van der Waals surface area (Å²) in [6.07, 6.45) is -0.480. The summed E-state index contributed by atoms with van der Waals surface area (Å²) < 4.78 is 5.27. The fourth-order valence-electron chi connectivity index (χ4n) is 2.05. The van der Waals surface area contributed by atoms with Crippen LogP contribution < -0.4 is 4.90 Å². The molecule has 0 spiro atoms. The van der Waals surface area contributed by atoms with Gasteiger partial charge in [0.15, 0.2) is 6.10 Å². The van der Waals surface area contributed by atoms with E-state index in [1.54, 1.807) is 6.07 Å². The predicted molar refractivity (Wildman–Crippen MR) is 70.2 cm³/mol. The average Bonchev–Trinajstić information content (AvgIpc) is 2.46. The first-order valence-electron chi connectivity index (χ1n) is 5.75. The summed E-state index contributed by atoms with van der Waals surface area (Å²) in [5.41, 5.74) is 1.53. The fraction of sp³-hybridized carbons (Fsp3) is 0.417. The van der Waals surface area contributed by atoms with Gasteiger partial charge in [0, 0.05) is 30.2 Å². The molecule has 2 rings (SSSR count). The van der Waals surface area contributed by atoms with E-state index in [0.717, 1.165) is 5.69 Å². The molecule has 1 aliphatic rings. The van der Waals surface area contributed by atoms with Crippen LogP contribution in [0.2, 0.25) is 0 Å². The minimum Gasteiger partial charge on any atom is -0.365 e. The Morgan fingerprint density at radius 3 is 3.05 bits per heavy atom. The number of non-ortho nitro benzene ring substituents is 1.